The summed E-state index contributed by atoms with van der Waals surface area (Å²) in [5.41, 5.74) is 2.55. The van der Waals surface area contributed by atoms with E-state index in [-0.39, 0.29) is 12.3 Å². The van der Waals surface area contributed by atoms with Gasteiger partial charge in [0.1, 0.15) is 18.2 Å². The molecular formula is C13H12N4O. The molecule has 0 unspecified atom stereocenters. The standard InChI is InChI=1S/C13H12N4O/c18-10-6-15-13-12-8(10)2-1-3-9(12)16-11-7-14-4-5-17(11)13/h1-3,14H,4-7H2. The third-order valence-electron chi connectivity index (χ3n) is 3.55. The SMILES string of the molecule is O=C1CN=C2c3c(cccc31)N=C1CNCCN12. The van der Waals surface area contributed by atoms with Gasteiger partial charge in [0.25, 0.3) is 0 Å². The van der Waals surface area contributed by atoms with Crippen molar-refractivity contribution in [1.29, 1.82) is 0 Å². The predicted molar refractivity (Wildman–Crippen MR) is 68.8 cm³/mol. The Morgan fingerprint density at radius 3 is 3.22 bits per heavy atom. The molecule has 0 aliphatic carbocycles. The van der Waals surface area contributed by atoms with Crippen LogP contribution in [-0.4, -0.2) is 48.5 Å². The van der Waals surface area contributed by atoms with Crippen LogP contribution < -0.4 is 5.32 Å². The van der Waals surface area contributed by atoms with Crippen molar-refractivity contribution < 1.29 is 4.79 Å². The van der Waals surface area contributed by atoms with Crippen molar-refractivity contribution in [2.75, 3.05) is 26.2 Å². The van der Waals surface area contributed by atoms with Gasteiger partial charge in [0.15, 0.2) is 5.78 Å². The van der Waals surface area contributed by atoms with Gasteiger partial charge in [-0.15, -0.1) is 0 Å². The quantitative estimate of drug-likeness (QED) is 0.721. The number of piperazine rings is 1. The van der Waals surface area contributed by atoms with E-state index in [0.29, 0.717) is 0 Å². The van der Waals surface area contributed by atoms with Gasteiger partial charge in [-0.1, -0.05) is 12.1 Å². The first-order valence-electron chi connectivity index (χ1n) is 6.11. The molecule has 90 valence electrons. The van der Waals surface area contributed by atoms with Crippen LogP contribution in [0.25, 0.3) is 0 Å². The second-order valence-electron chi connectivity index (χ2n) is 4.62. The number of hydrogen-bond acceptors (Lipinski definition) is 5. The Bertz CT molecular complexity index is 617. The van der Waals surface area contributed by atoms with Crippen molar-refractivity contribution >= 4 is 23.1 Å². The molecule has 0 atom stereocenters. The Hall–Kier alpha value is -2.01. The number of carbonyl (C=O) groups is 1. The molecule has 3 aliphatic rings. The van der Waals surface area contributed by atoms with Crippen molar-refractivity contribution in [3.63, 3.8) is 0 Å². The van der Waals surface area contributed by atoms with Gasteiger partial charge in [0.05, 0.1) is 17.8 Å². The zero-order valence-corrected chi connectivity index (χ0v) is 9.81. The van der Waals surface area contributed by atoms with E-state index in [1.807, 2.05) is 18.2 Å². The van der Waals surface area contributed by atoms with Gasteiger partial charge in [0, 0.05) is 18.7 Å². The molecule has 1 aromatic rings. The summed E-state index contributed by atoms with van der Waals surface area (Å²) in [6, 6.07) is 5.72. The van der Waals surface area contributed by atoms with Gasteiger partial charge in [-0.05, 0) is 6.07 Å². The van der Waals surface area contributed by atoms with Crippen molar-refractivity contribution in [3.8, 4) is 0 Å². The number of ketones is 1. The summed E-state index contributed by atoms with van der Waals surface area (Å²) >= 11 is 0. The lowest BCUT2D eigenvalue weighted by Crippen LogP contribution is -2.53. The summed E-state index contributed by atoms with van der Waals surface area (Å²) in [6.07, 6.45) is 0. The third kappa shape index (κ3) is 1.22. The van der Waals surface area contributed by atoms with Crippen LogP contribution in [-0.2, 0) is 0 Å². The average Bonchev–Trinajstić information content (AvgIpc) is 2.42. The predicted octanol–water partition coefficient (Wildman–Crippen LogP) is 0.578. The molecule has 0 radical (unpaired) electrons. The lowest BCUT2D eigenvalue weighted by atomic mass is 9.96. The number of nitrogens with zero attached hydrogens (tertiary/aromatic N) is 3. The van der Waals surface area contributed by atoms with Gasteiger partial charge in [-0.3, -0.25) is 9.79 Å². The molecule has 1 aromatic carbocycles. The Morgan fingerprint density at radius 1 is 1.33 bits per heavy atom. The molecule has 0 bridgehead atoms. The Labute approximate surface area is 104 Å². The van der Waals surface area contributed by atoms with Crippen molar-refractivity contribution in [1.82, 2.24) is 10.2 Å². The van der Waals surface area contributed by atoms with E-state index in [9.17, 15) is 4.79 Å². The molecule has 5 heteroatoms. The van der Waals surface area contributed by atoms with Crippen molar-refractivity contribution in [3.05, 3.63) is 29.3 Å². The van der Waals surface area contributed by atoms with E-state index in [0.717, 1.165) is 48.1 Å². The van der Waals surface area contributed by atoms with Crippen LogP contribution in [0.3, 0.4) is 0 Å². The summed E-state index contributed by atoms with van der Waals surface area (Å²) in [7, 11) is 0. The second-order valence-corrected chi connectivity index (χ2v) is 4.62. The highest BCUT2D eigenvalue weighted by Gasteiger charge is 2.33. The molecule has 0 amide bonds. The number of amidine groups is 2. The fourth-order valence-corrected chi connectivity index (χ4v) is 2.71. The van der Waals surface area contributed by atoms with Crippen LogP contribution in [0, 0.1) is 0 Å². The second kappa shape index (κ2) is 3.49. The molecule has 4 rings (SSSR count). The van der Waals surface area contributed by atoms with Crippen LogP contribution in [0.5, 0.6) is 0 Å². The van der Waals surface area contributed by atoms with Crippen LogP contribution in [0.1, 0.15) is 15.9 Å². The third-order valence-corrected chi connectivity index (χ3v) is 3.55. The fraction of sp³-hybridized carbons (Fsp3) is 0.308. The molecule has 0 spiro atoms. The van der Waals surface area contributed by atoms with Gasteiger partial charge in [-0.2, -0.15) is 0 Å². The van der Waals surface area contributed by atoms with Crippen molar-refractivity contribution in [2.45, 2.75) is 0 Å². The van der Waals surface area contributed by atoms with Crippen molar-refractivity contribution in [2.24, 2.45) is 9.98 Å². The number of hydrogen-bond donors (Lipinski definition) is 1. The normalized spacial score (nSPS) is 20.9. The maximum atomic E-state index is 11.9. The largest absolute Gasteiger partial charge is 0.312 e. The number of Topliss-reactive ketones (excluding diaryl/α,β-unsaturated/α-hetero) is 1. The first kappa shape index (κ1) is 9.96. The minimum atomic E-state index is 0.0874. The minimum Gasteiger partial charge on any atom is -0.312 e. The number of rotatable bonds is 0. The number of fused-ring (bicyclic) bond motifs is 2. The lowest BCUT2D eigenvalue weighted by Gasteiger charge is -2.37. The van der Waals surface area contributed by atoms with E-state index in [4.69, 9.17) is 0 Å². The molecule has 5 nitrogen and oxygen atoms in total. The van der Waals surface area contributed by atoms with E-state index in [1.165, 1.54) is 0 Å². The van der Waals surface area contributed by atoms with E-state index < -0.39 is 0 Å². The number of nitrogens with one attached hydrogen (secondary N) is 1. The summed E-state index contributed by atoms with van der Waals surface area (Å²) in [5, 5.41) is 3.31. The molecule has 1 fully saturated rings. The molecule has 18 heavy (non-hydrogen) atoms. The Balaban J connectivity index is 1.99. The average molecular weight is 240 g/mol. The van der Waals surface area contributed by atoms with E-state index >= 15 is 0 Å². The fourth-order valence-electron chi connectivity index (χ4n) is 2.71. The lowest BCUT2D eigenvalue weighted by molar-refractivity contribution is 0.0999. The summed E-state index contributed by atoms with van der Waals surface area (Å²) < 4.78 is 0. The van der Waals surface area contributed by atoms with Crippen LogP contribution in [0.15, 0.2) is 28.2 Å². The zero-order valence-electron chi connectivity index (χ0n) is 9.81. The molecule has 0 saturated carbocycles. The maximum absolute atomic E-state index is 11.9. The highest BCUT2D eigenvalue weighted by Crippen LogP contribution is 2.32. The number of benzene rings is 1. The molecule has 1 saturated heterocycles. The first-order valence-corrected chi connectivity index (χ1v) is 6.11. The topological polar surface area (TPSA) is 57.1 Å². The summed E-state index contributed by atoms with van der Waals surface area (Å²) in [4.78, 5) is 23.1. The molecule has 3 heterocycles. The van der Waals surface area contributed by atoms with Gasteiger partial charge in [0.2, 0.25) is 0 Å². The Morgan fingerprint density at radius 2 is 2.28 bits per heavy atom. The smallest absolute Gasteiger partial charge is 0.185 e. The zero-order chi connectivity index (χ0) is 12.1. The monoisotopic (exact) mass is 240 g/mol. The first-order chi connectivity index (χ1) is 8.84. The highest BCUT2D eigenvalue weighted by molar-refractivity contribution is 6.23. The van der Waals surface area contributed by atoms with Crippen LogP contribution in [0.2, 0.25) is 0 Å². The van der Waals surface area contributed by atoms with E-state index in [1.54, 1.807) is 0 Å². The molecule has 0 aromatic heterocycles. The molecule has 3 aliphatic heterocycles. The number of carbonyl (C=O) groups excluding carboxylic acids is 1. The minimum absolute atomic E-state index is 0.0874. The highest BCUT2D eigenvalue weighted by atomic mass is 16.1. The maximum Gasteiger partial charge on any atom is 0.185 e. The number of aliphatic imine (C=N–C) groups is 2. The molecule has 1 N–H and O–H groups in total. The Kier molecular flexibility index (Phi) is 1.93. The summed E-state index contributed by atoms with van der Waals surface area (Å²) in [5.74, 6) is 2.01. The van der Waals surface area contributed by atoms with Gasteiger partial charge in [-0.25, -0.2) is 4.99 Å². The van der Waals surface area contributed by atoms with Crippen LogP contribution >= 0.6 is 0 Å². The van der Waals surface area contributed by atoms with E-state index in [2.05, 4.69) is 20.2 Å². The van der Waals surface area contributed by atoms with Gasteiger partial charge >= 0.3 is 0 Å². The molecular weight excluding hydrogens is 228 g/mol. The summed E-state index contributed by atoms with van der Waals surface area (Å²) in [6.45, 7) is 2.79. The van der Waals surface area contributed by atoms with Gasteiger partial charge < -0.3 is 10.2 Å². The van der Waals surface area contributed by atoms with Crippen LogP contribution in [0.4, 0.5) is 5.69 Å².